The molecule has 0 saturated heterocycles. The highest BCUT2D eigenvalue weighted by molar-refractivity contribution is 5.76. The van der Waals surface area contributed by atoms with Crippen molar-refractivity contribution in [2.45, 2.75) is 212 Å². The molecule has 0 bridgehead atoms. The van der Waals surface area contributed by atoms with Gasteiger partial charge in [0.15, 0.2) is 0 Å². The maximum atomic E-state index is 12.4. The van der Waals surface area contributed by atoms with Crippen LogP contribution in [0.4, 0.5) is 0 Å². The zero-order chi connectivity index (χ0) is 42.8. The van der Waals surface area contributed by atoms with Gasteiger partial charge in [-0.05, 0) is 96.3 Å². The largest absolute Gasteiger partial charge is 0.394 e. The maximum absolute atomic E-state index is 12.4. The number of nitrogens with one attached hydrogen (secondary N) is 1. The molecule has 0 heterocycles. The highest BCUT2D eigenvalue weighted by Gasteiger charge is 2.17. The lowest BCUT2D eigenvalue weighted by Gasteiger charge is -2.19. The summed E-state index contributed by atoms with van der Waals surface area (Å²) in [6.07, 6.45) is 76.0. The minimum Gasteiger partial charge on any atom is -0.394 e. The predicted octanol–water partition coefficient (Wildman–Crippen LogP) is 15.7. The van der Waals surface area contributed by atoms with Crippen LogP contribution >= 0.6 is 0 Å². The normalized spacial score (nSPS) is 14.0. The van der Waals surface area contributed by atoms with Gasteiger partial charge in [0.05, 0.1) is 18.8 Å². The van der Waals surface area contributed by atoms with E-state index in [4.69, 9.17) is 0 Å². The second-order valence-corrected chi connectivity index (χ2v) is 15.8. The van der Waals surface area contributed by atoms with Crippen molar-refractivity contribution in [2.24, 2.45) is 0 Å². The average Bonchev–Trinajstić information content (AvgIpc) is 3.24. The van der Waals surface area contributed by atoms with Crippen LogP contribution in [-0.2, 0) is 4.79 Å². The SMILES string of the molecule is CC/C=C\C/C=C\C/C=C\C/C=C\C/C=C\C/C=C\C/C=C\C/C=C\CCCCCCC(=O)NC(CO)C(O)/C=C/CC/C=C/CCCCCCCCCCCCCC. The number of carbonyl (C=O) groups is 1. The molecule has 2 unspecified atom stereocenters. The fourth-order valence-electron chi connectivity index (χ4n) is 6.50. The van der Waals surface area contributed by atoms with E-state index in [2.05, 4.69) is 129 Å². The van der Waals surface area contributed by atoms with Crippen molar-refractivity contribution >= 4 is 5.91 Å². The minimum absolute atomic E-state index is 0.104. The molecule has 0 aromatic heterocycles. The summed E-state index contributed by atoms with van der Waals surface area (Å²) in [5.41, 5.74) is 0. The van der Waals surface area contributed by atoms with Crippen LogP contribution in [0, 0.1) is 0 Å². The standard InChI is InChI=1S/C55H91NO3/c1-3-5-7-9-11-13-15-17-19-21-23-24-25-26-27-28-29-30-31-32-33-35-37-39-41-43-45-47-49-51-55(59)56-53(52-57)54(58)50-48-46-44-42-40-38-36-34-22-20-18-16-14-12-10-8-6-4-2/h5,7,11,13,17,19,23-24,26-27,29-30,32-33,37,39-40,42,48,50,53-54,57-58H,3-4,6,8-10,12,14-16,18,20-22,25,28,31,34-36,38,41,43-47,49,51-52H2,1-2H3,(H,56,59)/b7-5-,13-11-,19-17-,24-23-,27-26-,30-29-,33-32-,39-37-,42-40+,50-48+. The van der Waals surface area contributed by atoms with Crippen molar-refractivity contribution in [3.63, 3.8) is 0 Å². The first kappa shape index (κ1) is 55.8. The Morgan fingerprint density at radius 2 is 0.763 bits per heavy atom. The smallest absolute Gasteiger partial charge is 0.220 e. The summed E-state index contributed by atoms with van der Waals surface area (Å²) in [6.45, 7) is 4.16. The molecule has 59 heavy (non-hydrogen) atoms. The summed E-state index contributed by atoms with van der Waals surface area (Å²) in [7, 11) is 0. The first-order valence-electron chi connectivity index (χ1n) is 24.2. The monoisotopic (exact) mass is 814 g/mol. The van der Waals surface area contributed by atoms with Gasteiger partial charge in [-0.25, -0.2) is 0 Å². The predicted molar refractivity (Wildman–Crippen MR) is 262 cm³/mol. The zero-order valence-corrected chi connectivity index (χ0v) is 38.2. The fourth-order valence-corrected chi connectivity index (χ4v) is 6.50. The summed E-state index contributed by atoms with van der Waals surface area (Å²) in [6, 6.07) is -0.662. The van der Waals surface area contributed by atoms with E-state index in [1.54, 1.807) is 6.08 Å². The zero-order valence-electron chi connectivity index (χ0n) is 38.2. The van der Waals surface area contributed by atoms with Gasteiger partial charge in [-0.15, -0.1) is 0 Å². The molecule has 3 N–H and O–H groups in total. The number of aliphatic hydroxyl groups excluding tert-OH is 2. The molecule has 0 aliphatic rings. The van der Waals surface area contributed by atoms with Gasteiger partial charge in [0.1, 0.15) is 0 Å². The molecule has 0 fully saturated rings. The van der Waals surface area contributed by atoms with E-state index in [1.807, 2.05) is 6.08 Å². The Morgan fingerprint density at radius 1 is 0.424 bits per heavy atom. The van der Waals surface area contributed by atoms with Crippen LogP contribution in [0.5, 0.6) is 0 Å². The lowest BCUT2D eigenvalue weighted by atomic mass is 10.0. The molecule has 0 spiro atoms. The first-order valence-corrected chi connectivity index (χ1v) is 24.2. The molecule has 4 heteroatoms. The Hall–Kier alpha value is -3.21. The summed E-state index contributed by atoms with van der Waals surface area (Å²) in [5.74, 6) is -0.104. The van der Waals surface area contributed by atoms with Crippen LogP contribution in [0.1, 0.15) is 200 Å². The van der Waals surface area contributed by atoms with E-state index in [0.717, 1.165) is 103 Å². The number of carbonyl (C=O) groups excluding carboxylic acids is 1. The fraction of sp³-hybridized carbons (Fsp3) is 0.618. The molecule has 0 aliphatic carbocycles. The van der Waals surface area contributed by atoms with Crippen molar-refractivity contribution in [2.75, 3.05) is 6.61 Å². The van der Waals surface area contributed by atoms with E-state index in [0.29, 0.717) is 6.42 Å². The second-order valence-electron chi connectivity index (χ2n) is 15.8. The third-order valence-corrected chi connectivity index (χ3v) is 10.2. The van der Waals surface area contributed by atoms with Crippen LogP contribution in [0.3, 0.4) is 0 Å². The summed E-state index contributed by atoms with van der Waals surface area (Å²) in [5, 5.41) is 23.0. The Balaban J connectivity index is 3.74. The molecular weight excluding hydrogens is 723 g/mol. The van der Waals surface area contributed by atoms with Gasteiger partial charge in [-0.1, -0.05) is 219 Å². The molecule has 4 nitrogen and oxygen atoms in total. The van der Waals surface area contributed by atoms with Gasteiger partial charge in [0.25, 0.3) is 0 Å². The summed E-state index contributed by atoms with van der Waals surface area (Å²) < 4.78 is 0. The molecule has 2 atom stereocenters. The van der Waals surface area contributed by atoms with Crippen molar-refractivity contribution in [1.82, 2.24) is 5.32 Å². The number of allylic oxidation sites excluding steroid dienone is 19. The van der Waals surface area contributed by atoms with Gasteiger partial charge >= 0.3 is 0 Å². The van der Waals surface area contributed by atoms with Crippen LogP contribution in [0.25, 0.3) is 0 Å². The highest BCUT2D eigenvalue weighted by atomic mass is 16.3. The molecule has 0 radical (unpaired) electrons. The number of hydrogen-bond acceptors (Lipinski definition) is 3. The van der Waals surface area contributed by atoms with Crippen molar-refractivity contribution in [3.05, 3.63) is 122 Å². The van der Waals surface area contributed by atoms with E-state index < -0.39 is 12.1 Å². The summed E-state index contributed by atoms with van der Waals surface area (Å²) >= 11 is 0. The number of hydrogen-bond donors (Lipinski definition) is 3. The van der Waals surface area contributed by atoms with Gasteiger partial charge in [0.2, 0.25) is 5.91 Å². The lowest BCUT2D eigenvalue weighted by Crippen LogP contribution is -2.45. The van der Waals surface area contributed by atoms with Gasteiger partial charge in [0, 0.05) is 6.42 Å². The molecule has 0 rings (SSSR count). The Kier molecular flexibility index (Phi) is 46.5. The molecule has 0 aliphatic heterocycles. The molecule has 0 saturated carbocycles. The third-order valence-electron chi connectivity index (χ3n) is 10.2. The number of rotatable bonds is 42. The van der Waals surface area contributed by atoms with Crippen molar-refractivity contribution in [1.29, 1.82) is 0 Å². The van der Waals surface area contributed by atoms with Gasteiger partial charge in [-0.3, -0.25) is 4.79 Å². The first-order chi connectivity index (χ1) is 29.2. The minimum atomic E-state index is -0.882. The van der Waals surface area contributed by atoms with Crippen LogP contribution in [-0.4, -0.2) is 34.9 Å². The Morgan fingerprint density at radius 3 is 1.19 bits per heavy atom. The number of unbranched alkanes of at least 4 members (excludes halogenated alkanes) is 17. The second kappa shape index (κ2) is 49.2. The van der Waals surface area contributed by atoms with Gasteiger partial charge in [-0.2, -0.15) is 0 Å². The van der Waals surface area contributed by atoms with Crippen LogP contribution in [0.2, 0.25) is 0 Å². The maximum Gasteiger partial charge on any atom is 0.220 e. The van der Waals surface area contributed by atoms with Crippen molar-refractivity contribution < 1.29 is 15.0 Å². The molecule has 0 aromatic carbocycles. The van der Waals surface area contributed by atoms with E-state index in [1.165, 1.54) is 77.0 Å². The lowest BCUT2D eigenvalue weighted by molar-refractivity contribution is -0.123. The van der Waals surface area contributed by atoms with E-state index in [9.17, 15) is 15.0 Å². The van der Waals surface area contributed by atoms with E-state index in [-0.39, 0.29) is 12.5 Å². The average molecular weight is 814 g/mol. The number of aliphatic hydroxyl groups is 2. The number of amides is 1. The highest BCUT2D eigenvalue weighted by Crippen LogP contribution is 2.13. The van der Waals surface area contributed by atoms with Crippen LogP contribution in [0.15, 0.2) is 122 Å². The Bertz CT molecular complexity index is 1200. The molecule has 1 amide bonds. The molecule has 334 valence electrons. The quantitative estimate of drug-likeness (QED) is 0.0425. The Labute approximate surface area is 365 Å². The summed E-state index contributed by atoms with van der Waals surface area (Å²) in [4.78, 5) is 12.4. The van der Waals surface area contributed by atoms with E-state index >= 15 is 0 Å². The van der Waals surface area contributed by atoms with Crippen LogP contribution < -0.4 is 5.32 Å². The third kappa shape index (κ3) is 45.7. The van der Waals surface area contributed by atoms with Gasteiger partial charge < -0.3 is 15.5 Å². The molecule has 0 aromatic rings. The topological polar surface area (TPSA) is 69.6 Å². The molecular formula is C55H91NO3. The van der Waals surface area contributed by atoms with Crippen molar-refractivity contribution in [3.8, 4) is 0 Å².